The summed E-state index contributed by atoms with van der Waals surface area (Å²) in [6, 6.07) is 11.3. The van der Waals surface area contributed by atoms with E-state index in [2.05, 4.69) is 5.32 Å². The maximum Gasteiger partial charge on any atom is 0.160 e. The van der Waals surface area contributed by atoms with Crippen LogP contribution in [0.4, 0.5) is 0 Å². The highest BCUT2D eigenvalue weighted by atomic mass is 16.5. The lowest BCUT2D eigenvalue weighted by atomic mass is 10.1. The lowest BCUT2D eigenvalue weighted by molar-refractivity contribution is 0.354. The molecule has 0 aliphatic rings. The molecule has 0 atom stereocenters. The van der Waals surface area contributed by atoms with Gasteiger partial charge in [0.1, 0.15) is 0 Å². The molecule has 2 aromatic carbocycles. The molecule has 2 aromatic rings. The van der Waals surface area contributed by atoms with Crippen LogP contribution in [0, 0.1) is 0 Å². The zero-order valence-electron chi connectivity index (χ0n) is 13.8. The van der Waals surface area contributed by atoms with Gasteiger partial charge in [0.25, 0.3) is 0 Å². The molecule has 2 N–H and O–H groups in total. The molecule has 2 rings (SSSR count). The van der Waals surface area contributed by atoms with Gasteiger partial charge in [-0.1, -0.05) is 12.1 Å². The van der Waals surface area contributed by atoms with E-state index >= 15 is 0 Å². The molecule has 0 aliphatic carbocycles. The van der Waals surface area contributed by atoms with Crippen molar-refractivity contribution < 1.29 is 19.3 Å². The number of phenols is 1. The number of nitrogens with one attached hydrogen (secondary N) is 1. The molecule has 0 radical (unpaired) electrons. The fourth-order valence-electron chi connectivity index (χ4n) is 2.33. The Kier molecular flexibility index (Phi) is 6.11. The first-order chi connectivity index (χ1) is 11.2. The number of aromatic hydroxyl groups is 1. The van der Waals surface area contributed by atoms with Crippen LogP contribution in [0.15, 0.2) is 36.4 Å². The molecule has 0 spiro atoms. The second kappa shape index (κ2) is 8.29. The van der Waals surface area contributed by atoms with Gasteiger partial charge in [0, 0.05) is 6.54 Å². The van der Waals surface area contributed by atoms with E-state index in [0.717, 1.165) is 30.0 Å². The summed E-state index contributed by atoms with van der Waals surface area (Å²) >= 11 is 0. The number of benzene rings is 2. The number of hydrogen-bond donors (Lipinski definition) is 2. The molecular weight excluding hydrogens is 294 g/mol. The maximum atomic E-state index is 9.58. The predicted octanol–water partition coefficient (Wildman–Crippen LogP) is 2.75. The summed E-state index contributed by atoms with van der Waals surface area (Å²) in [4.78, 5) is 0. The highest BCUT2D eigenvalue weighted by molar-refractivity contribution is 5.43. The van der Waals surface area contributed by atoms with Crippen LogP contribution < -0.4 is 19.5 Å². The van der Waals surface area contributed by atoms with Gasteiger partial charge in [-0.3, -0.25) is 0 Å². The molecule has 0 bridgehead atoms. The Bertz CT molecular complexity index is 643. The van der Waals surface area contributed by atoms with Gasteiger partial charge in [0.2, 0.25) is 0 Å². The van der Waals surface area contributed by atoms with E-state index in [1.807, 2.05) is 30.3 Å². The average molecular weight is 317 g/mol. The van der Waals surface area contributed by atoms with Crippen LogP contribution in [0.3, 0.4) is 0 Å². The summed E-state index contributed by atoms with van der Waals surface area (Å²) in [6.45, 7) is 1.54. The zero-order chi connectivity index (χ0) is 16.7. The fourth-order valence-corrected chi connectivity index (χ4v) is 2.33. The minimum atomic E-state index is 0.154. The Hall–Kier alpha value is -2.40. The van der Waals surface area contributed by atoms with Crippen molar-refractivity contribution >= 4 is 0 Å². The van der Waals surface area contributed by atoms with Crippen molar-refractivity contribution in [3.8, 4) is 23.0 Å². The van der Waals surface area contributed by atoms with Gasteiger partial charge in [-0.25, -0.2) is 0 Å². The Morgan fingerprint density at radius 2 is 1.48 bits per heavy atom. The van der Waals surface area contributed by atoms with E-state index in [9.17, 15) is 5.11 Å². The lowest BCUT2D eigenvalue weighted by Crippen LogP contribution is -2.16. The predicted molar refractivity (Wildman–Crippen MR) is 89.6 cm³/mol. The Labute approximate surface area is 136 Å². The van der Waals surface area contributed by atoms with Crippen molar-refractivity contribution in [2.45, 2.75) is 13.0 Å². The minimum Gasteiger partial charge on any atom is -0.504 e. The van der Waals surface area contributed by atoms with Crippen molar-refractivity contribution in [3.63, 3.8) is 0 Å². The van der Waals surface area contributed by atoms with Gasteiger partial charge in [0.05, 0.1) is 21.3 Å². The SMILES string of the molecule is COc1cc(CNCCc2ccc(OC)c(OC)c2)ccc1O. The standard InChI is InChI=1S/C18H23NO4/c1-21-16-7-5-13(10-18(16)23-3)8-9-19-12-14-4-6-15(20)17(11-14)22-2/h4-7,10-11,19-20H,8-9,12H2,1-3H3. The molecule has 0 aliphatic heterocycles. The first kappa shape index (κ1) is 17.0. The second-order valence-corrected chi connectivity index (χ2v) is 5.12. The summed E-state index contributed by atoms with van der Waals surface area (Å²) < 4.78 is 15.6. The Morgan fingerprint density at radius 1 is 0.826 bits per heavy atom. The van der Waals surface area contributed by atoms with Crippen LogP contribution in [0.25, 0.3) is 0 Å². The Morgan fingerprint density at radius 3 is 2.17 bits per heavy atom. The van der Waals surface area contributed by atoms with Crippen molar-refractivity contribution in [1.82, 2.24) is 5.32 Å². The molecule has 0 fully saturated rings. The van der Waals surface area contributed by atoms with E-state index in [1.54, 1.807) is 27.4 Å². The molecule has 124 valence electrons. The van der Waals surface area contributed by atoms with Gasteiger partial charge < -0.3 is 24.6 Å². The highest BCUT2D eigenvalue weighted by Crippen LogP contribution is 2.28. The van der Waals surface area contributed by atoms with Crippen molar-refractivity contribution in [2.75, 3.05) is 27.9 Å². The van der Waals surface area contributed by atoms with Crippen LogP contribution in [-0.2, 0) is 13.0 Å². The maximum absolute atomic E-state index is 9.58. The third-order valence-corrected chi connectivity index (χ3v) is 3.61. The van der Waals surface area contributed by atoms with Crippen LogP contribution >= 0.6 is 0 Å². The average Bonchev–Trinajstić information content (AvgIpc) is 2.59. The lowest BCUT2D eigenvalue weighted by Gasteiger charge is -2.10. The summed E-state index contributed by atoms with van der Waals surface area (Å²) in [5, 5.41) is 13.0. The topological polar surface area (TPSA) is 60.0 Å². The second-order valence-electron chi connectivity index (χ2n) is 5.12. The largest absolute Gasteiger partial charge is 0.504 e. The fraction of sp³-hybridized carbons (Fsp3) is 0.333. The summed E-state index contributed by atoms with van der Waals surface area (Å²) in [7, 11) is 4.81. The normalized spacial score (nSPS) is 10.4. The summed E-state index contributed by atoms with van der Waals surface area (Å²) in [5.41, 5.74) is 2.24. The van der Waals surface area contributed by atoms with Crippen molar-refractivity contribution in [2.24, 2.45) is 0 Å². The van der Waals surface area contributed by atoms with Gasteiger partial charge in [-0.15, -0.1) is 0 Å². The Balaban J connectivity index is 1.86. The van der Waals surface area contributed by atoms with Gasteiger partial charge in [-0.05, 0) is 48.4 Å². The molecule has 5 nitrogen and oxygen atoms in total. The summed E-state index contributed by atoms with van der Waals surface area (Å²) in [6.07, 6.45) is 0.884. The number of phenolic OH excluding ortho intramolecular Hbond substituents is 1. The molecule has 0 amide bonds. The van der Waals surface area contributed by atoms with Crippen LogP contribution in [0.5, 0.6) is 23.0 Å². The van der Waals surface area contributed by atoms with Crippen LogP contribution in [-0.4, -0.2) is 33.0 Å². The molecule has 0 saturated carbocycles. The van der Waals surface area contributed by atoms with Gasteiger partial charge >= 0.3 is 0 Å². The van der Waals surface area contributed by atoms with E-state index < -0.39 is 0 Å². The first-order valence-electron chi connectivity index (χ1n) is 7.45. The van der Waals surface area contributed by atoms with Gasteiger partial charge in [-0.2, -0.15) is 0 Å². The molecular formula is C18H23NO4. The van der Waals surface area contributed by atoms with Crippen molar-refractivity contribution in [3.05, 3.63) is 47.5 Å². The molecule has 0 saturated heterocycles. The molecule has 0 unspecified atom stereocenters. The van der Waals surface area contributed by atoms with Crippen LogP contribution in [0.2, 0.25) is 0 Å². The number of methoxy groups -OCH3 is 3. The molecule has 0 aromatic heterocycles. The van der Waals surface area contributed by atoms with Crippen molar-refractivity contribution in [1.29, 1.82) is 0 Å². The zero-order valence-corrected chi connectivity index (χ0v) is 13.8. The van der Waals surface area contributed by atoms with Gasteiger partial charge in [0.15, 0.2) is 23.0 Å². The van der Waals surface area contributed by atoms with Crippen LogP contribution in [0.1, 0.15) is 11.1 Å². The van der Waals surface area contributed by atoms with E-state index in [4.69, 9.17) is 14.2 Å². The molecule has 23 heavy (non-hydrogen) atoms. The van der Waals surface area contributed by atoms with E-state index in [-0.39, 0.29) is 5.75 Å². The number of hydrogen-bond acceptors (Lipinski definition) is 5. The molecule has 0 heterocycles. The summed E-state index contributed by atoms with van der Waals surface area (Å²) in [5.74, 6) is 2.12. The number of rotatable bonds is 8. The first-order valence-corrected chi connectivity index (χ1v) is 7.45. The number of ether oxygens (including phenoxy) is 3. The van der Waals surface area contributed by atoms with E-state index in [1.165, 1.54) is 5.56 Å². The van der Waals surface area contributed by atoms with E-state index in [0.29, 0.717) is 12.3 Å². The molecule has 5 heteroatoms. The third-order valence-electron chi connectivity index (χ3n) is 3.61. The smallest absolute Gasteiger partial charge is 0.160 e. The minimum absolute atomic E-state index is 0.154. The highest BCUT2D eigenvalue weighted by Gasteiger charge is 2.05. The third kappa shape index (κ3) is 4.53. The monoisotopic (exact) mass is 317 g/mol. The quantitative estimate of drug-likeness (QED) is 0.733.